The molecule has 2 aromatic rings. The molecule has 2 nitrogen and oxygen atoms in total. The lowest BCUT2D eigenvalue weighted by Gasteiger charge is -2.54. The fourth-order valence-electron chi connectivity index (χ4n) is 6.75. The number of carbonyl (C=O) groups excluding carboxylic acids is 1. The molecule has 0 radical (unpaired) electrons. The van der Waals surface area contributed by atoms with Crippen LogP contribution in [0, 0.1) is 29.6 Å². The van der Waals surface area contributed by atoms with Gasteiger partial charge < -0.3 is 5.73 Å². The second-order valence-corrected chi connectivity index (χ2v) is 9.22. The summed E-state index contributed by atoms with van der Waals surface area (Å²) in [6.07, 6.45) is 10.7. The Bertz CT molecular complexity index is 813. The van der Waals surface area contributed by atoms with Crippen molar-refractivity contribution in [2.45, 2.75) is 44.9 Å². The number of hydrogen-bond donors (Lipinski definition) is 1. The number of nitrogens with two attached hydrogens (primary N) is 1. The van der Waals surface area contributed by atoms with Gasteiger partial charge in [-0.05, 0) is 85.7 Å². The van der Waals surface area contributed by atoms with E-state index in [1.165, 1.54) is 44.1 Å². The largest absolute Gasteiger partial charge is 0.398 e. The molecule has 0 aliphatic heterocycles. The van der Waals surface area contributed by atoms with Gasteiger partial charge in [-0.2, -0.15) is 0 Å². The molecule has 0 spiro atoms. The molecule has 2 aromatic carbocycles. The third kappa shape index (κ3) is 2.99. The SMILES string of the molecule is Nc1c(CCC2C3CC4CC(C3)CC2C4)ccc(C=O)c1-c1ccccc1. The first-order valence-electron chi connectivity index (χ1n) is 10.6. The molecule has 140 valence electrons. The minimum absolute atomic E-state index is 0.692. The van der Waals surface area contributed by atoms with Crippen LogP contribution in [0.25, 0.3) is 11.1 Å². The standard InChI is InChI=1S/C25H29NO/c26-25-19(6-7-20(15-27)24(25)18-4-2-1-3-5-18)8-9-23-21-11-16-10-17(13-21)14-22(23)12-16/h1-7,15-17,21-23H,8-14,26H2. The highest BCUT2D eigenvalue weighted by molar-refractivity contribution is 5.94. The Balaban J connectivity index is 1.39. The summed E-state index contributed by atoms with van der Waals surface area (Å²) in [5.41, 5.74) is 11.2. The first-order chi connectivity index (χ1) is 13.2. The molecule has 0 atom stereocenters. The molecule has 6 rings (SSSR count). The Kier molecular flexibility index (Phi) is 4.30. The van der Waals surface area contributed by atoms with Crippen LogP contribution in [0.2, 0.25) is 0 Å². The van der Waals surface area contributed by atoms with Crippen molar-refractivity contribution in [2.75, 3.05) is 5.73 Å². The molecule has 0 unspecified atom stereocenters. The fourth-order valence-corrected chi connectivity index (χ4v) is 6.75. The summed E-state index contributed by atoms with van der Waals surface area (Å²) < 4.78 is 0. The quantitative estimate of drug-likeness (QED) is 0.545. The van der Waals surface area contributed by atoms with E-state index < -0.39 is 0 Å². The van der Waals surface area contributed by atoms with E-state index in [1.54, 1.807) is 0 Å². The van der Waals surface area contributed by atoms with Crippen LogP contribution in [-0.2, 0) is 6.42 Å². The molecule has 0 amide bonds. The van der Waals surface area contributed by atoms with Crippen LogP contribution in [0.3, 0.4) is 0 Å². The predicted molar refractivity (Wildman–Crippen MR) is 111 cm³/mol. The maximum atomic E-state index is 11.6. The zero-order chi connectivity index (χ0) is 18.4. The van der Waals surface area contributed by atoms with Crippen LogP contribution < -0.4 is 5.73 Å². The number of carbonyl (C=O) groups is 1. The van der Waals surface area contributed by atoms with Crippen molar-refractivity contribution in [3.05, 3.63) is 53.6 Å². The van der Waals surface area contributed by atoms with Crippen LogP contribution in [0.1, 0.15) is 54.4 Å². The number of benzene rings is 2. The van der Waals surface area contributed by atoms with Gasteiger partial charge in [0.25, 0.3) is 0 Å². The smallest absolute Gasteiger partial charge is 0.150 e. The molecular weight excluding hydrogens is 330 g/mol. The third-order valence-electron chi connectivity index (χ3n) is 7.73. The molecule has 0 heterocycles. The van der Waals surface area contributed by atoms with Gasteiger partial charge in [-0.3, -0.25) is 4.79 Å². The summed E-state index contributed by atoms with van der Waals surface area (Å²) in [5, 5.41) is 0. The molecule has 4 saturated carbocycles. The van der Waals surface area contributed by atoms with Crippen molar-refractivity contribution in [2.24, 2.45) is 29.6 Å². The first kappa shape index (κ1) is 17.0. The summed E-state index contributed by atoms with van der Waals surface area (Å²) >= 11 is 0. The van der Waals surface area contributed by atoms with Gasteiger partial charge in [0.1, 0.15) is 0 Å². The Morgan fingerprint density at radius 1 is 0.889 bits per heavy atom. The van der Waals surface area contributed by atoms with Gasteiger partial charge >= 0.3 is 0 Å². The van der Waals surface area contributed by atoms with Crippen molar-refractivity contribution < 1.29 is 4.79 Å². The number of aryl methyl sites for hydroxylation is 1. The van der Waals surface area contributed by atoms with Crippen molar-refractivity contribution in [1.82, 2.24) is 0 Å². The summed E-state index contributed by atoms with van der Waals surface area (Å²) in [5.74, 6) is 4.88. The topological polar surface area (TPSA) is 43.1 Å². The zero-order valence-electron chi connectivity index (χ0n) is 15.9. The minimum Gasteiger partial charge on any atom is -0.398 e. The molecule has 0 aromatic heterocycles. The average Bonchev–Trinajstić information content (AvgIpc) is 2.68. The Hall–Kier alpha value is -2.09. The highest BCUT2D eigenvalue weighted by Gasteiger charge is 2.47. The van der Waals surface area contributed by atoms with Crippen molar-refractivity contribution >= 4 is 12.0 Å². The molecule has 27 heavy (non-hydrogen) atoms. The molecule has 2 heteroatoms. The minimum atomic E-state index is 0.692. The van der Waals surface area contributed by atoms with Gasteiger partial charge in [0.2, 0.25) is 0 Å². The highest BCUT2D eigenvalue weighted by Crippen LogP contribution is 2.57. The van der Waals surface area contributed by atoms with Gasteiger partial charge in [-0.25, -0.2) is 0 Å². The average molecular weight is 360 g/mol. The van der Waals surface area contributed by atoms with E-state index in [2.05, 4.69) is 6.07 Å². The third-order valence-corrected chi connectivity index (χ3v) is 7.73. The van der Waals surface area contributed by atoms with Gasteiger partial charge in [0.05, 0.1) is 0 Å². The predicted octanol–water partition coefficient (Wildman–Crippen LogP) is 5.75. The first-order valence-corrected chi connectivity index (χ1v) is 10.6. The Morgan fingerprint density at radius 3 is 2.19 bits per heavy atom. The maximum absolute atomic E-state index is 11.6. The van der Waals surface area contributed by atoms with Crippen molar-refractivity contribution in [3.63, 3.8) is 0 Å². The molecule has 0 saturated heterocycles. The summed E-state index contributed by atoms with van der Waals surface area (Å²) in [6.45, 7) is 0. The van der Waals surface area contributed by atoms with Gasteiger partial charge in [0.15, 0.2) is 6.29 Å². The molecule has 4 bridgehead atoms. The number of hydrogen-bond acceptors (Lipinski definition) is 2. The van der Waals surface area contributed by atoms with Crippen LogP contribution in [-0.4, -0.2) is 6.29 Å². The molecule has 4 aliphatic carbocycles. The lowest BCUT2D eigenvalue weighted by atomic mass is 9.51. The molecule has 4 fully saturated rings. The van der Waals surface area contributed by atoms with Gasteiger partial charge in [-0.1, -0.05) is 42.5 Å². The Labute approximate surface area is 162 Å². The van der Waals surface area contributed by atoms with Crippen LogP contribution in [0.15, 0.2) is 42.5 Å². The Morgan fingerprint density at radius 2 is 1.56 bits per heavy atom. The van der Waals surface area contributed by atoms with Crippen LogP contribution >= 0.6 is 0 Å². The van der Waals surface area contributed by atoms with Crippen LogP contribution in [0.4, 0.5) is 5.69 Å². The van der Waals surface area contributed by atoms with E-state index in [1.807, 2.05) is 36.4 Å². The van der Waals surface area contributed by atoms with Gasteiger partial charge in [-0.15, -0.1) is 0 Å². The monoisotopic (exact) mass is 359 g/mol. The van der Waals surface area contributed by atoms with E-state index in [0.29, 0.717) is 5.56 Å². The number of rotatable bonds is 5. The summed E-state index contributed by atoms with van der Waals surface area (Å²) in [7, 11) is 0. The lowest BCUT2D eigenvalue weighted by Crippen LogP contribution is -2.45. The number of nitrogen functional groups attached to an aromatic ring is 1. The van der Waals surface area contributed by atoms with E-state index in [9.17, 15) is 4.79 Å². The fraction of sp³-hybridized carbons (Fsp3) is 0.480. The molecule has 4 aliphatic rings. The van der Waals surface area contributed by atoms with E-state index >= 15 is 0 Å². The van der Waals surface area contributed by atoms with Gasteiger partial charge in [0, 0.05) is 16.8 Å². The maximum Gasteiger partial charge on any atom is 0.150 e. The normalized spacial score (nSPS) is 31.2. The second-order valence-electron chi connectivity index (χ2n) is 9.22. The van der Waals surface area contributed by atoms with E-state index in [4.69, 9.17) is 5.73 Å². The van der Waals surface area contributed by atoms with E-state index in [0.717, 1.165) is 59.1 Å². The summed E-state index contributed by atoms with van der Waals surface area (Å²) in [4.78, 5) is 11.6. The number of aldehydes is 1. The zero-order valence-corrected chi connectivity index (χ0v) is 15.9. The van der Waals surface area contributed by atoms with Crippen LogP contribution in [0.5, 0.6) is 0 Å². The lowest BCUT2D eigenvalue weighted by molar-refractivity contribution is -0.0394. The van der Waals surface area contributed by atoms with Crippen molar-refractivity contribution in [3.8, 4) is 11.1 Å². The van der Waals surface area contributed by atoms with Crippen molar-refractivity contribution in [1.29, 1.82) is 0 Å². The molecular formula is C25H29NO. The summed E-state index contributed by atoms with van der Waals surface area (Å²) in [6, 6.07) is 14.1. The molecule has 2 N–H and O–H groups in total. The second kappa shape index (κ2) is 6.82. The highest BCUT2D eigenvalue weighted by atomic mass is 16.1. The van der Waals surface area contributed by atoms with E-state index in [-0.39, 0.29) is 0 Å². The number of anilines is 1.